The van der Waals surface area contributed by atoms with Gasteiger partial charge in [0.25, 0.3) is 5.91 Å². The van der Waals surface area contributed by atoms with E-state index in [-0.39, 0.29) is 37.4 Å². The summed E-state index contributed by atoms with van der Waals surface area (Å²) in [6, 6.07) is 7.44. The molecule has 0 aliphatic carbocycles. The fraction of sp³-hybridized carbons (Fsp3) is 0.471. The van der Waals surface area contributed by atoms with Crippen molar-refractivity contribution in [1.29, 1.82) is 0 Å². The van der Waals surface area contributed by atoms with Crippen LogP contribution in [0.15, 0.2) is 30.3 Å². The molecule has 2 rings (SSSR count). The molecule has 0 unspecified atom stereocenters. The monoisotopic (exact) mass is 333 g/mol. The first kappa shape index (κ1) is 17.9. The Morgan fingerprint density at radius 2 is 1.96 bits per heavy atom. The van der Waals surface area contributed by atoms with Crippen LogP contribution in [0.1, 0.15) is 25.8 Å². The molecule has 0 spiro atoms. The summed E-state index contributed by atoms with van der Waals surface area (Å²) in [6.07, 6.45) is -0.140. The second-order valence-corrected chi connectivity index (χ2v) is 6.22. The van der Waals surface area contributed by atoms with Crippen LogP contribution in [-0.2, 0) is 16.1 Å². The van der Waals surface area contributed by atoms with Crippen molar-refractivity contribution < 1.29 is 19.5 Å². The Balaban J connectivity index is 1.94. The van der Waals surface area contributed by atoms with Gasteiger partial charge in [-0.1, -0.05) is 44.2 Å². The van der Waals surface area contributed by atoms with Crippen molar-refractivity contribution in [3.8, 4) is 0 Å². The summed E-state index contributed by atoms with van der Waals surface area (Å²) in [7, 11) is 0. The van der Waals surface area contributed by atoms with E-state index in [1.807, 2.05) is 44.2 Å². The molecule has 1 aliphatic heterocycles. The van der Waals surface area contributed by atoms with Crippen LogP contribution in [0.3, 0.4) is 0 Å². The van der Waals surface area contributed by atoms with Crippen LogP contribution in [-0.4, -0.2) is 46.5 Å². The van der Waals surface area contributed by atoms with Gasteiger partial charge in [0.15, 0.2) is 0 Å². The van der Waals surface area contributed by atoms with E-state index < -0.39 is 18.0 Å². The van der Waals surface area contributed by atoms with E-state index in [4.69, 9.17) is 0 Å². The molecule has 1 fully saturated rings. The third-order valence-electron chi connectivity index (χ3n) is 4.03. The summed E-state index contributed by atoms with van der Waals surface area (Å²) in [5.74, 6) is -0.713. The van der Waals surface area contributed by atoms with Crippen molar-refractivity contribution in [1.82, 2.24) is 15.5 Å². The fourth-order valence-corrected chi connectivity index (χ4v) is 2.51. The maximum absolute atomic E-state index is 12.4. The number of aliphatic hydroxyl groups is 1. The molecule has 0 saturated carbocycles. The highest BCUT2D eigenvalue weighted by atomic mass is 16.3. The summed E-state index contributed by atoms with van der Waals surface area (Å²) in [5, 5.41) is 14.5. The van der Waals surface area contributed by atoms with Crippen LogP contribution in [0.25, 0.3) is 0 Å². The number of imide groups is 1. The normalized spacial score (nSPS) is 18.7. The molecule has 0 radical (unpaired) electrons. The second-order valence-electron chi connectivity index (χ2n) is 6.22. The van der Waals surface area contributed by atoms with Crippen LogP contribution >= 0.6 is 0 Å². The van der Waals surface area contributed by atoms with E-state index in [0.29, 0.717) is 0 Å². The summed E-state index contributed by atoms with van der Waals surface area (Å²) in [5.41, 5.74) is 0.839. The van der Waals surface area contributed by atoms with E-state index in [1.165, 1.54) is 0 Å². The molecular formula is C17H23N3O4. The minimum Gasteiger partial charge on any atom is -0.394 e. The third kappa shape index (κ3) is 4.32. The van der Waals surface area contributed by atoms with Gasteiger partial charge in [-0.3, -0.25) is 14.5 Å². The molecule has 130 valence electrons. The number of carbonyl (C=O) groups excluding carboxylic acids is 3. The van der Waals surface area contributed by atoms with Gasteiger partial charge in [-0.05, 0) is 11.5 Å². The zero-order chi connectivity index (χ0) is 17.7. The zero-order valence-corrected chi connectivity index (χ0v) is 13.9. The van der Waals surface area contributed by atoms with Crippen LogP contribution < -0.4 is 10.6 Å². The standard InChI is InChI=1S/C17H23N3O4/c1-11(2)14(10-21)18-15(22)8-13-16(23)20(17(24)19-13)9-12-6-4-3-5-7-12/h3-7,11,13-14,21H,8-10H2,1-2H3,(H,18,22)(H,19,24)/t13-,14+/m0/s1. The topological polar surface area (TPSA) is 98.7 Å². The number of nitrogens with zero attached hydrogens (tertiary/aromatic N) is 1. The maximum Gasteiger partial charge on any atom is 0.325 e. The van der Waals surface area contributed by atoms with E-state index in [9.17, 15) is 19.5 Å². The van der Waals surface area contributed by atoms with E-state index in [1.54, 1.807) is 0 Å². The van der Waals surface area contributed by atoms with Gasteiger partial charge >= 0.3 is 6.03 Å². The predicted octanol–water partition coefficient (Wildman–Crippen LogP) is 0.630. The molecule has 1 aliphatic rings. The number of carbonyl (C=O) groups is 3. The predicted molar refractivity (Wildman–Crippen MR) is 87.8 cm³/mol. The largest absolute Gasteiger partial charge is 0.394 e. The highest BCUT2D eigenvalue weighted by molar-refractivity contribution is 6.05. The minimum atomic E-state index is -0.868. The molecule has 1 aromatic carbocycles. The molecule has 4 amide bonds. The minimum absolute atomic E-state index is 0.0717. The zero-order valence-electron chi connectivity index (χ0n) is 13.9. The Morgan fingerprint density at radius 1 is 1.29 bits per heavy atom. The highest BCUT2D eigenvalue weighted by Gasteiger charge is 2.39. The van der Waals surface area contributed by atoms with Crippen molar-refractivity contribution in [2.45, 2.75) is 38.9 Å². The number of rotatable bonds is 7. The fourth-order valence-electron chi connectivity index (χ4n) is 2.51. The second kappa shape index (κ2) is 7.92. The third-order valence-corrected chi connectivity index (χ3v) is 4.03. The molecule has 1 saturated heterocycles. The number of aliphatic hydroxyl groups excluding tert-OH is 1. The van der Waals surface area contributed by atoms with E-state index in [0.717, 1.165) is 10.5 Å². The lowest BCUT2D eigenvalue weighted by Crippen LogP contribution is -2.44. The van der Waals surface area contributed by atoms with Crippen molar-refractivity contribution in [2.24, 2.45) is 5.92 Å². The molecular weight excluding hydrogens is 310 g/mol. The Bertz CT molecular complexity index is 603. The Hall–Kier alpha value is -2.41. The number of hydrogen-bond donors (Lipinski definition) is 3. The molecule has 1 heterocycles. The Morgan fingerprint density at radius 3 is 2.54 bits per heavy atom. The van der Waals surface area contributed by atoms with Gasteiger partial charge in [0.1, 0.15) is 6.04 Å². The van der Waals surface area contributed by atoms with Gasteiger partial charge in [-0.25, -0.2) is 4.79 Å². The molecule has 7 heteroatoms. The van der Waals surface area contributed by atoms with Gasteiger partial charge < -0.3 is 15.7 Å². The average Bonchev–Trinajstić information content (AvgIpc) is 2.81. The molecule has 7 nitrogen and oxygen atoms in total. The number of nitrogens with one attached hydrogen (secondary N) is 2. The van der Waals surface area contributed by atoms with Crippen LogP contribution in [0.4, 0.5) is 4.79 Å². The van der Waals surface area contributed by atoms with E-state index >= 15 is 0 Å². The lowest BCUT2D eigenvalue weighted by Gasteiger charge is -2.20. The van der Waals surface area contributed by atoms with Crippen molar-refractivity contribution in [3.63, 3.8) is 0 Å². The first-order valence-corrected chi connectivity index (χ1v) is 7.98. The molecule has 2 atom stereocenters. The molecule has 1 aromatic rings. The quantitative estimate of drug-likeness (QED) is 0.637. The maximum atomic E-state index is 12.4. The molecule has 0 bridgehead atoms. The lowest BCUT2D eigenvalue weighted by atomic mass is 10.0. The van der Waals surface area contributed by atoms with Gasteiger partial charge in [0, 0.05) is 0 Å². The SMILES string of the molecule is CC(C)[C@@H](CO)NC(=O)C[C@@H]1NC(=O)N(Cc2ccccc2)C1=O. The van der Waals surface area contributed by atoms with E-state index in [2.05, 4.69) is 10.6 Å². The van der Waals surface area contributed by atoms with Gasteiger partial charge in [-0.15, -0.1) is 0 Å². The van der Waals surface area contributed by atoms with Gasteiger partial charge in [0.2, 0.25) is 5.91 Å². The number of hydrogen-bond acceptors (Lipinski definition) is 4. The van der Waals surface area contributed by atoms with Gasteiger partial charge in [0.05, 0.1) is 25.6 Å². The van der Waals surface area contributed by atoms with Crippen LogP contribution in [0.5, 0.6) is 0 Å². The first-order valence-electron chi connectivity index (χ1n) is 7.98. The molecule has 24 heavy (non-hydrogen) atoms. The summed E-state index contributed by atoms with van der Waals surface area (Å²) >= 11 is 0. The molecule has 3 N–H and O–H groups in total. The summed E-state index contributed by atoms with van der Waals surface area (Å²) in [6.45, 7) is 3.76. The van der Waals surface area contributed by atoms with Crippen LogP contribution in [0.2, 0.25) is 0 Å². The van der Waals surface area contributed by atoms with Crippen molar-refractivity contribution >= 4 is 17.8 Å². The number of urea groups is 1. The number of benzene rings is 1. The average molecular weight is 333 g/mol. The highest BCUT2D eigenvalue weighted by Crippen LogP contribution is 2.14. The molecule has 0 aromatic heterocycles. The summed E-state index contributed by atoms with van der Waals surface area (Å²) < 4.78 is 0. The van der Waals surface area contributed by atoms with Crippen molar-refractivity contribution in [3.05, 3.63) is 35.9 Å². The van der Waals surface area contributed by atoms with Gasteiger partial charge in [-0.2, -0.15) is 0 Å². The lowest BCUT2D eigenvalue weighted by molar-refractivity contribution is -0.131. The smallest absolute Gasteiger partial charge is 0.325 e. The Labute approximate surface area is 141 Å². The Kier molecular flexibility index (Phi) is 5.92. The van der Waals surface area contributed by atoms with Crippen LogP contribution in [0, 0.1) is 5.92 Å². The summed E-state index contributed by atoms with van der Waals surface area (Å²) in [4.78, 5) is 37.5. The first-order chi connectivity index (χ1) is 11.4. The number of amides is 4. The van der Waals surface area contributed by atoms with Crippen molar-refractivity contribution in [2.75, 3.05) is 6.61 Å².